The molecule has 0 bridgehead atoms. The van der Waals surface area contributed by atoms with Crippen molar-refractivity contribution in [3.8, 4) is 17.1 Å². The van der Waals surface area contributed by atoms with Gasteiger partial charge in [0.25, 0.3) is 0 Å². The summed E-state index contributed by atoms with van der Waals surface area (Å²) in [5.74, 6) is 1.62. The van der Waals surface area contributed by atoms with Crippen LogP contribution in [0.15, 0.2) is 58.5 Å². The lowest BCUT2D eigenvalue weighted by Gasteiger charge is -2.07. The van der Waals surface area contributed by atoms with Crippen molar-refractivity contribution in [1.29, 1.82) is 0 Å². The summed E-state index contributed by atoms with van der Waals surface area (Å²) in [6, 6.07) is 13.9. The first-order chi connectivity index (χ1) is 13.1. The maximum absolute atomic E-state index is 6.23. The molecule has 2 heterocycles. The molecule has 136 valence electrons. The number of thioether (sulfide) groups is 1. The average molecular weight is 398 g/mol. The van der Waals surface area contributed by atoms with Crippen LogP contribution in [0.5, 0.6) is 0 Å². The Bertz CT molecular complexity index is 1090. The normalized spacial score (nSPS) is 11.1. The van der Waals surface area contributed by atoms with Gasteiger partial charge in [-0.15, -0.1) is 10.2 Å². The number of aromatic nitrogens is 5. The predicted molar refractivity (Wildman–Crippen MR) is 105 cm³/mol. The zero-order chi connectivity index (χ0) is 18.8. The molecule has 0 spiro atoms. The van der Waals surface area contributed by atoms with Crippen LogP contribution >= 0.6 is 23.4 Å². The quantitative estimate of drug-likeness (QED) is 0.447. The van der Waals surface area contributed by atoms with Crippen LogP contribution in [0, 0.1) is 13.8 Å². The second-order valence-electron chi connectivity index (χ2n) is 6.09. The number of aryl methyl sites for hydroxylation is 2. The Morgan fingerprint density at radius 2 is 2.04 bits per heavy atom. The molecule has 0 atom stereocenters. The highest BCUT2D eigenvalue weighted by molar-refractivity contribution is 7.98. The highest BCUT2D eigenvalue weighted by Crippen LogP contribution is 2.26. The minimum absolute atomic E-state index is 0.497. The lowest BCUT2D eigenvalue weighted by molar-refractivity contribution is 0.391. The Morgan fingerprint density at radius 1 is 1.15 bits per heavy atom. The van der Waals surface area contributed by atoms with Crippen LogP contribution in [0.1, 0.15) is 17.0 Å². The van der Waals surface area contributed by atoms with Crippen LogP contribution < -0.4 is 0 Å². The summed E-state index contributed by atoms with van der Waals surface area (Å²) in [7, 11) is 0. The molecule has 6 nitrogen and oxygen atoms in total. The van der Waals surface area contributed by atoms with Crippen LogP contribution in [-0.2, 0) is 5.75 Å². The summed E-state index contributed by atoms with van der Waals surface area (Å²) in [5.41, 5.74) is 4.02. The maximum atomic E-state index is 6.23. The molecule has 4 rings (SSSR count). The first-order valence-corrected chi connectivity index (χ1v) is 9.65. The fourth-order valence-electron chi connectivity index (χ4n) is 2.57. The van der Waals surface area contributed by atoms with E-state index in [2.05, 4.69) is 20.3 Å². The van der Waals surface area contributed by atoms with Crippen LogP contribution in [0.2, 0.25) is 5.02 Å². The smallest absolute Gasteiger partial charge is 0.237 e. The molecule has 8 heteroatoms. The van der Waals surface area contributed by atoms with E-state index in [0.29, 0.717) is 22.5 Å². The molecule has 4 aromatic rings. The lowest BCUT2D eigenvalue weighted by Crippen LogP contribution is -1.96. The number of benzene rings is 2. The van der Waals surface area contributed by atoms with Crippen LogP contribution in [0.25, 0.3) is 17.1 Å². The van der Waals surface area contributed by atoms with E-state index in [4.69, 9.17) is 16.1 Å². The summed E-state index contributed by atoms with van der Waals surface area (Å²) in [6.45, 7) is 4.00. The first-order valence-electron chi connectivity index (χ1n) is 8.29. The van der Waals surface area contributed by atoms with Gasteiger partial charge in [0.05, 0.1) is 11.4 Å². The Hall–Kier alpha value is -2.64. The van der Waals surface area contributed by atoms with Gasteiger partial charge in [-0.05, 0) is 37.6 Å². The summed E-state index contributed by atoms with van der Waals surface area (Å²) in [5, 5.41) is 13.7. The third-order valence-electron chi connectivity index (χ3n) is 4.02. The van der Waals surface area contributed by atoms with Crippen molar-refractivity contribution >= 4 is 23.4 Å². The molecule has 0 N–H and O–H groups in total. The molecule has 0 saturated carbocycles. The molecule has 0 unspecified atom stereocenters. The van der Waals surface area contributed by atoms with Gasteiger partial charge in [-0.1, -0.05) is 58.3 Å². The van der Waals surface area contributed by atoms with E-state index >= 15 is 0 Å². The molecule has 0 aliphatic heterocycles. The van der Waals surface area contributed by atoms with Crippen LogP contribution in [0.4, 0.5) is 0 Å². The van der Waals surface area contributed by atoms with E-state index in [1.807, 2.05) is 60.9 Å². The van der Waals surface area contributed by atoms with E-state index in [1.54, 1.807) is 6.33 Å². The van der Waals surface area contributed by atoms with Gasteiger partial charge < -0.3 is 4.52 Å². The van der Waals surface area contributed by atoms with E-state index in [0.717, 1.165) is 27.5 Å². The second kappa shape index (κ2) is 7.54. The Kier molecular flexibility index (Phi) is 4.96. The van der Waals surface area contributed by atoms with Crippen molar-refractivity contribution < 1.29 is 4.52 Å². The molecule has 0 radical (unpaired) electrons. The molecule has 2 aromatic carbocycles. The summed E-state index contributed by atoms with van der Waals surface area (Å²) in [6.07, 6.45) is 1.66. The Labute approximate surface area is 165 Å². The molecule has 0 saturated heterocycles. The topological polar surface area (TPSA) is 69.6 Å². The number of hydrogen-bond acceptors (Lipinski definition) is 6. The summed E-state index contributed by atoms with van der Waals surface area (Å²) < 4.78 is 7.26. The predicted octanol–water partition coefficient (Wildman–Crippen LogP) is 4.88. The van der Waals surface area contributed by atoms with Crippen molar-refractivity contribution in [1.82, 2.24) is 24.9 Å². The van der Waals surface area contributed by atoms with E-state index < -0.39 is 0 Å². The van der Waals surface area contributed by atoms with Crippen molar-refractivity contribution in [2.45, 2.75) is 24.8 Å². The third-order valence-corrected chi connectivity index (χ3v) is 5.35. The zero-order valence-corrected chi connectivity index (χ0v) is 16.3. The van der Waals surface area contributed by atoms with Gasteiger partial charge >= 0.3 is 0 Å². The molecule has 0 aliphatic carbocycles. The van der Waals surface area contributed by atoms with Gasteiger partial charge in [0.2, 0.25) is 11.7 Å². The maximum Gasteiger partial charge on any atom is 0.237 e. The van der Waals surface area contributed by atoms with Crippen molar-refractivity contribution in [2.24, 2.45) is 0 Å². The summed E-state index contributed by atoms with van der Waals surface area (Å²) in [4.78, 5) is 4.47. The van der Waals surface area contributed by atoms with Crippen LogP contribution in [-0.4, -0.2) is 24.9 Å². The van der Waals surface area contributed by atoms with Gasteiger partial charge in [0.15, 0.2) is 5.16 Å². The number of halogens is 1. The van der Waals surface area contributed by atoms with E-state index in [1.165, 1.54) is 11.8 Å². The number of nitrogens with zero attached hydrogens (tertiary/aromatic N) is 5. The molecular formula is C19H16ClN5OS. The molecule has 2 aromatic heterocycles. The standard InChI is InChI=1S/C19H16ClN5OS/c1-12-4-3-5-14(8-12)18-22-17(26-24-18)10-27-19-23-21-11-25(19)15-7-6-13(2)16(20)9-15/h3-9,11H,10H2,1-2H3. The molecule has 27 heavy (non-hydrogen) atoms. The molecule has 0 aliphatic rings. The monoisotopic (exact) mass is 397 g/mol. The second-order valence-corrected chi connectivity index (χ2v) is 7.44. The highest BCUT2D eigenvalue weighted by atomic mass is 35.5. The van der Waals surface area contributed by atoms with E-state index in [-0.39, 0.29) is 0 Å². The number of hydrogen-bond donors (Lipinski definition) is 0. The first kappa shape index (κ1) is 17.8. The van der Waals surface area contributed by atoms with Crippen molar-refractivity contribution in [2.75, 3.05) is 0 Å². The SMILES string of the molecule is Cc1cccc(-c2noc(CSc3nncn3-c3ccc(C)c(Cl)c3)n2)c1. The van der Waals surface area contributed by atoms with Gasteiger partial charge in [0.1, 0.15) is 6.33 Å². The molecule has 0 amide bonds. The van der Waals surface area contributed by atoms with Crippen molar-refractivity contribution in [3.05, 3.63) is 70.8 Å². The number of rotatable bonds is 5. The van der Waals surface area contributed by atoms with Gasteiger partial charge in [-0.25, -0.2) is 0 Å². The lowest BCUT2D eigenvalue weighted by atomic mass is 10.1. The van der Waals surface area contributed by atoms with Crippen molar-refractivity contribution in [3.63, 3.8) is 0 Å². The summed E-state index contributed by atoms with van der Waals surface area (Å²) >= 11 is 7.71. The van der Waals surface area contributed by atoms with E-state index in [9.17, 15) is 0 Å². The fraction of sp³-hybridized carbons (Fsp3) is 0.158. The van der Waals surface area contributed by atoms with Gasteiger partial charge in [0, 0.05) is 10.6 Å². The van der Waals surface area contributed by atoms with Crippen LogP contribution in [0.3, 0.4) is 0 Å². The molecular weight excluding hydrogens is 382 g/mol. The molecule has 0 fully saturated rings. The minimum Gasteiger partial charge on any atom is -0.338 e. The largest absolute Gasteiger partial charge is 0.338 e. The highest BCUT2D eigenvalue weighted by Gasteiger charge is 2.13. The third kappa shape index (κ3) is 3.89. The minimum atomic E-state index is 0.497. The zero-order valence-electron chi connectivity index (χ0n) is 14.8. The fourth-order valence-corrected chi connectivity index (χ4v) is 3.51. The Balaban J connectivity index is 1.50. The average Bonchev–Trinajstić information content (AvgIpc) is 3.31. The van der Waals surface area contributed by atoms with Gasteiger partial charge in [-0.2, -0.15) is 4.98 Å². The van der Waals surface area contributed by atoms with Gasteiger partial charge in [-0.3, -0.25) is 4.57 Å². The Morgan fingerprint density at radius 3 is 2.85 bits per heavy atom.